The molecule has 6 heteroatoms. The van der Waals surface area contributed by atoms with Crippen LogP contribution in [0.4, 0.5) is 0 Å². The first-order chi connectivity index (χ1) is 18.6. The topological polar surface area (TPSA) is 99.4 Å². The summed E-state index contributed by atoms with van der Waals surface area (Å²) < 4.78 is 0. The first kappa shape index (κ1) is 31.3. The minimum atomic E-state index is -0.144. The maximum Gasteiger partial charge on any atom is 0.220 e. The molecule has 4 rings (SSSR count). The Kier molecular flexibility index (Phi) is 10.8. The number of nitrogens with two attached hydrogens (primary N) is 1. The number of hydrogen-bond donors (Lipinski definition) is 5. The molecule has 0 spiro atoms. The second kappa shape index (κ2) is 13.5. The van der Waals surface area contributed by atoms with E-state index in [2.05, 4.69) is 36.7 Å². The van der Waals surface area contributed by atoms with E-state index in [0.717, 1.165) is 45.4 Å². The van der Waals surface area contributed by atoms with Crippen LogP contribution >= 0.6 is 0 Å². The number of nitrogens with one attached hydrogen (secondary N) is 3. The summed E-state index contributed by atoms with van der Waals surface area (Å²) in [5, 5.41) is 22.1. The molecule has 0 aromatic heterocycles. The van der Waals surface area contributed by atoms with Gasteiger partial charge >= 0.3 is 0 Å². The zero-order valence-electron chi connectivity index (χ0n) is 25.9. The minimum absolute atomic E-state index is 0.144. The lowest BCUT2D eigenvalue weighted by Gasteiger charge is -2.62. The quantitative estimate of drug-likeness (QED) is 0.213. The van der Waals surface area contributed by atoms with E-state index in [1.807, 2.05) is 13.8 Å². The van der Waals surface area contributed by atoms with Gasteiger partial charge in [-0.05, 0) is 157 Å². The zero-order valence-corrected chi connectivity index (χ0v) is 25.9. The van der Waals surface area contributed by atoms with Crippen LogP contribution in [0.5, 0.6) is 0 Å². The van der Waals surface area contributed by atoms with Crippen molar-refractivity contribution in [2.75, 3.05) is 26.2 Å². The minimum Gasteiger partial charge on any atom is -0.393 e. The Balaban J connectivity index is 1.32. The van der Waals surface area contributed by atoms with Crippen molar-refractivity contribution >= 4 is 5.91 Å². The van der Waals surface area contributed by atoms with Crippen molar-refractivity contribution in [1.82, 2.24) is 16.0 Å². The highest BCUT2D eigenvalue weighted by atomic mass is 16.3. The maximum absolute atomic E-state index is 12.3. The SMILES string of the molecule is CC(C)NC(=O)CC[C@@H](C)C1CCC2C3C(CC[C@@]21C)[C@@]1(C)CC[C@H](NCCCNCCCN)CC1C[C@H]3O. The van der Waals surface area contributed by atoms with Crippen LogP contribution in [-0.4, -0.2) is 55.4 Å². The van der Waals surface area contributed by atoms with Gasteiger partial charge in [0.05, 0.1) is 6.10 Å². The summed E-state index contributed by atoms with van der Waals surface area (Å²) in [4.78, 5) is 12.3. The molecular weight excluding hydrogens is 484 g/mol. The van der Waals surface area contributed by atoms with E-state index in [1.165, 1.54) is 51.4 Å². The largest absolute Gasteiger partial charge is 0.393 e. The highest BCUT2D eigenvalue weighted by Crippen LogP contribution is 2.68. The molecule has 6 nitrogen and oxygen atoms in total. The summed E-state index contributed by atoms with van der Waals surface area (Å²) in [6.07, 6.45) is 13.7. The van der Waals surface area contributed by atoms with Crippen molar-refractivity contribution in [2.24, 2.45) is 52.1 Å². The maximum atomic E-state index is 12.3. The van der Waals surface area contributed by atoms with E-state index in [1.54, 1.807) is 0 Å². The number of carbonyl (C=O) groups is 1. The summed E-state index contributed by atoms with van der Waals surface area (Å²) in [5.74, 6) is 3.87. The normalized spacial score (nSPS) is 40.6. The third-order valence-electron chi connectivity index (χ3n) is 12.2. The number of fused-ring (bicyclic) bond motifs is 5. The summed E-state index contributed by atoms with van der Waals surface area (Å²) >= 11 is 0. The molecule has 0 aliphatic heterocycles. The van der Waals surface area contributed by atoms with Gasteiger partial charge in [0, 0.05) is 18.5 Å². The van der Waals surface area contributed by atoms with Crippen molar-refractivity contribution < 1.29 is 9.90 Å². The molecular formula is C33H62N4O2. The lowest BCUT2D eigenvalue weighted by molar-refractivity contribution is -0.167. The van der Waals surface area contributed by atoms with Crippen LogP contribution in [0.3, 0.4) is 0 Å². The molecule has 226 valence electrons. The predicted molar refractivity (Wildman–Crippen MR) is 161 cm³/mol. The molecule has 4 saturated carbocycles. The smallest absolute Gasteiger partial charge is 0.220 e. The average Bonchev–Trinajstić information content (AvgIpc) is 3.24. The van der Waals surface area contributed by atoms with Crippen LogP contribution in [0.15, 0.2) is 0 Å². The Morgan fingerprint density at radius 2 is 1.67 bits per heavy atom. The van der Waals surface area contributed by atoms with Gasteiger partial charge in [-0.25, -0.2) is 0 Å². The van der Waals surface area contributed by atoms with Crippen molar-refractivity contribution in [3.05, 3.63) is 0 Å². The molecule has 6 N–H and O–H groups in total. The predicted octanol–water partition coefficient (Wildman–Crippen LogP) is 4.84. The summed E-state index contributed by atoms with van der Waals surface area (Å²) in [6.45, 7) is 15.6. The van der Waals surface area contributed by atoms with Crippen LogP contribution in [0.2, 0.25) is 0 Å². The number of amides is 1. The van der Waals surface area contributed by atoms with Crippen LogP contribution in [-0.2, 0) is 4.79 Å². The number of rotatable bonds is 13. The molecule has 5 unspecified atom stereocenters. The van der Waals surface area contributed by atoms with E-state index in [4.69, 9.17) is 5.73 Å². The van der Waals surface area contributed by atoms with E-state index < -0.39 is 0 Å². The molecule has 0 saturated heterocycles. The second-order valence-electron chi connectivity index (χ2n) is 14.9. The molecule has 0 radical (unpaired) electrons. The molecule has 4 aliphatic rings. The lowest BCUT2D eigenvalue weighted by atomic mass is 9.43. The van der Waals surface area contributed by atoms with Crippen LogP contribution < -0.4 is 21.7 Å². The van der Waals surface area contributed by atoms with Gasteiger partial charge in [-0.1, -0.05) is 20.8 Å². The Morgan fingerprint density at radius 1 is 0.949 bits per heavy atom. The van der Waals surface area contributed by atoms with Crippen LogP contribution in [0, 0.1) is 46.3 Å². The van der Waals surface area contributed by atoms with Crippen molar-refractivity contribution in [3.8, 4) is 0 Å². The van der Waals surface area contributed by atoms with E-state index in [0.29, 0.717) is 58.8 Å². The zero-order chi connectivity index (χ0) is 28.2. The lowest BCUT2D eigenvalue weighted by Crippen LogP contribution is -2.59. The van der Waals surface area contributed by atoms with Crippen molar-refractivity contribution in [2.45, 2.75) is 130 Å². The fraction of sp³-hybridized carbons (Fsp3) is 0.970. The van der Waals surface area contributed by atoms with Gasteiger partial charge in [0.25, 0.3) is 0 Å². The number of aliphatic hydroxyl groups is 1. The van der Waals surface area contributed by atoms with Crippen molar-refractivity contribution in [1.29, 1.82) is 0 Å². The number of aliphatic hydroxyl groups excluding tert-OH is 1. The third-order valence-corrected chi connectivity index (χ3v) is 12.2. The fourth-order valence-corrected chi connectivity index (χ4v) is 10.2. The summed E-state index contributed by atoms with van der Waals surface area (Å²) in [7, 11) is 0. The Morgan fingerprint density at radius 3 is 2.41 bits per heavy atom. The first-order valence-electron chi connectivity index (χ1n) is 16.7. The first-order valence-corrected chi connectivity index (χ1v) is 16.7. The van der Waals surface area contributed by atoms with Gasteiger partial charge in [0.1, 0.15) is 0 Å². The standard InChI is InChI=1S/C33H62N4O2/c1-22(2)37-30(39)11-8-23(3)26-9-10-27-31-28(13-15-33(26,27)5)32(4)14-12-25(20-24(32)21-29(31)38)36-19-7-18-35-17-6-16-34/h22-29,31,35-36,38H,6-21,34H2,1-5H3,(H,37,39)/t23-,24?,25+,26?,27?,28?,29-,31?,32+,33-/m1/s1. The van der Waals surface area contributed by atoms with E-state index in [-0.39, 0.29) is 18.1 Å². The number of hydrogen-bond acceptors (Lipinski definition) is 5. The molecule has 0 bridgehead atoms. The van der Waals surface area contributed by atoms with E-state index in [9.17, 15) is 9.90 Å². The molecule has 4 aliphatic carbocycles. The summed E-state index contributed by atoms with van der Waals surface area (Å²) in [5.41, 5.74) is 6.28. The van der Waals surface area contributed by atoms with Gasteiger partial charge in [-0.15, -0.1) is 0 Å². The van der Waals surface area contributed by atoms with Crippen molar-refractivity contribution in [3.63, 3.8) is 0 Å². The summed E-state index contributed by atoms with van der Waals surface area (Å²) in [6, 6.07) is 0.823. The van der Waals surface area contributed by atoms with Gasteiger partial charge in [-0.2, -0.15) is 0 Å². The van der Waals surface area contributed by atoms with Gasteiger partial charge in [0.15, 0.2) is 0 Å². The Labute approximate surface area is 239 Å². The molecule has 1 amide bonds. The molecule has 0 aromatic rings. The van der Waals surface area contributed by atoms with E-state index >= 15 is 0 Å². The number of carbonyl (C=O) groups excluding carboxylic acids is 1. The van der Waals surface area contributed by atoms with Gasteiger partial charge in [-0.3, -0.25) is 4.79 Å². The second-order valence-corrected chi connectivity index (χ2v) is 14.9. The van der Waals surface area contributed by atoms with Crippen LogP contribution in [0.1, 0.15) is 112 Å². The highest BCUT2D eigenvalue weighted by Gasteiger charge is 2.62. The Hall–Kier alpha value is -0.690. The molecule has 39 heavy (non-hydrogen) atoms. The average molecular weight is 547 g/mol. The monoisotopic (exact) mass is 546 g/mol. The Bertz CT molecular complexity index is 792. The van der Waals surface area contributed by atoms with Gasteiger partial charge in [0.2, 0.25) is 5.91 Å². The third kappa shape index (κ3) is 6.87. The molecule has 0 aromatic carbocycles. The van der Waals surface area contributed by atoms with Gasteiger partial charge < -0.3 is 26.8 Å². The highest BCUT2D eigenvalue weighted by molar-refractivity contribution is 5.76. The fourth-order valence-electron chi connectivity index (χ4n) is 10.2. The molecule has 4 fully saturated rings. The molecule has 10 atom stereocenters. The molecule has 0 heterocycles. The van der Waals surface area contributed by atoms with Crippen LogP contribution in [0.25, 0.3) is 0 Å².